The Bertz CT molecular complexity index is 941. The first kappa shape index (κ1) is 21.9. The van der Waals surface area contributed by atoms with Crippen LogP contribution in [-0.4, -0.2) is 50.8 Å². The Morgan fingerprint density at radius 2 is 1.64 bits per heavy atom. The second-order valence-electron chi connectivity index (χ2n) is 6.98. The molecule has 0 saturated carbocycles. The average molecular weight is 405 g/mol. The van der Waals surface area contributed by atoms with E-state index in [9.17, 15) is 13.2 Å². The van der Waals surface area contributed by atoms with Gasteiger partial charge in [-0.1, -0.05) is 24.3 Å². The van der Waals surface area contributed by atoms with Gasteiger partial charge in [0.15, 0.2) is 0 Å². The summed E-state index contributed by atoms with van der Waals surface area (Å²) in [6.45, 7) is 5.51. The van der Waals surface area contributed by atoms with Crippen LogP contribution in [0.25, 0.3) is 0 Å². The highest BCUT2D eigenvalue weighted by Crippen LogP contribution is 2.29. The predicted octanol–water partition coefficient (Wildman–Crippen LogP) is 3.56. The fraction of sp³-hybridized carbons (Fsp3) is 0.381. The Morgan fingerprint density at radius 1 is 1.00 bits per heavy atom. The minimum atomic E-state index is -3.66. The Balaban J connectivity index is 2.34. The lowest BCUT2D eigenvalue weighted by Crippen LogP contribution is -2.33. The van der Waals surface area contributed by atoms with Crippen molar-refractivity contribution in [2.75, 3.05) is 21.2 Å². The molecule has 0 fully saturated rings. The van der Waals surface area contributed by atoms with Crippen molar-refractivity contribution in [2.45, 2.75) is 37.8 Å². The van der Waals surface area contributed by atoms with E-state index in [0.29, 0.717) is 11.3 Å². The van der Waals surface area contributed by atoms with Crippen LogP contribution in [0.15, 0.2) is 53.4 Å². The van der Waals surface area contributed by atoms with E-state index in [1.54, 1.807) is 45.0 Å². The lowest BCUT2D eigenvalue weighted by atomic mass is 10.0. The number of carbonyl (C=O) groups is 1. The second kappa shape index (κ2) is 8.75. The van der Waals surface area contributed by atoms with E-state index in [-0.39, 0.29) is 22.9 Å². The van der Waals surface area contributed by atoms with Gasteiger partial charge in [0, 0.05) is 31.3 Å². The Labute approximate surface area is 167 Å². The monoisotopic (exact) mass is 404 g/mol. The third kappa shape index (κ3) is 4.36. The molecular formula is C21H28N2O4S. The molecular weight excluding hydrogens is 376 g/mol. The van der Waals surface area contributed by atoms with Crippen molar-refractivity contribution < 1.29 is 17.9 Å². The normalized spacial score (nSPS) is 12.9. The molecule has 2 rings (SSSR count). The lowest BCUT2D eigenvalue weighted by molar-refractivity contribution is 0.0741. The number of methoxy groups -OCH3 is 1. The van der Waals surface area contributed by atoms with Crippen molar-refractivity contribution in [3.05, 3.63) is 59.7 Å². The first-order valence-electron chi connectivity index (χ1n) is 9.09. The van der Waals surface area contributed by atoms with Gasteiger partial charge in [0.05, 0.1) is 18.0 Å². The Hall–Kier alpha value is -2.38. The van der Waals surface area contributed by atoms with Crippen LogP contribution in [0.2, 0.25) is 0 Å². The second-order valence-corrected chi connectivity index (χ2v) is 8.97. The van der Waals surface area contributed by atoms with Crippen LogP contribution in [-0.2, 0) is 10.0 Å². The van der Waals surface area contributed by atoms with E-state index >= 15 is 0 Å². The summed E-state index contributed by atoms with van der Waals surface area (Å²) in [5.74, 6) is 0.437. The molecule has 0 aliphatic carbocycles. The standard InChI is InChI=1S/C21H28N2O4S/c1-15(2)23(5)28(25,26)18-11-9-10-17(14-18)21(24)22(4)16(3)19-12-7-8-13-20(19)27-6/h7-16H,1-6H3. The molecule has 1 atom stereocenters. The molecule has 1 amide bonds. The SMILES string of the molecule is COc1ccccc1C(C)N(C)C(=O)c1cccc(S(=O)(=O)N(C)C(C)C)c1. The van der Waals surface area contributed by atoms with Crippen molar-refractivity contribution in [1.82, 2.24) is 9.21 Å². The lowest BCUT2D eigenvalue weighted by Gasteiger charge is -2.27. The zero-order valence-electron chi connectivity index (χ0n) is 17.2. The molecule has 0 bridgehead atoms. The van der Waals surface area contributed by atoms with E-state index in [0.717, 1.165) is 5.56 Å². The summed E-state index contributed by atoms with van der Waals surface area (Å²) < 4.78 is 32.2. The number of sulfonamides is 1. The maximum Gasteiger partial charge on any atom is 0.254 e. The molecule has 0 saturated heterocycles. The van der Waals surface area contributed by atoms with Gasteiger partial charge < -0.3 is 9.64 Å². The molecule has 7 heteroatoms. The van der Waals surface area contributed by atoms with Crippen LogP contribution in [0.4, 0.5) is 0 Å². The summed E-state index contributed by atoms with van der Waals surface area (Å²) in [5, 5.41) is 0. The van der Waals surface area contributed by atoms with E-state index in [4.69, 9.17) is 4.74 Å². The minimum absolute atomic E-state index is 0.105. The van der Waals surface area contributed by atoms with Gasteiger partial charge in [-0.3, -0.25) is 4.79 Å². The molecule has 0 heterocycles. The van der Waals surface area contributed by atoms with Crippen LogP contribution in [0.3, 0.4) is 0 Å². The molecule has 2 aromatic rings. The van der Waals surface area contributed by atoms with Crippen LogP contribution < -0.4 is 4.74 Å². The summed E-state index contributed by atoms with van der Waals surface area (Å²) in [6.07, 6.45) is 0. The van der Waals surface area contributed by atoms with Crippen molar-refractivity contribution in [2.24, 2.45) is 0 Å². The van der Waals surface area contributed by atoms with Crippen LogP contribution >= 0.6 is 0 Å². The zero-order chi connectivity index (χ0) is 21.1. The molecule has 0 radical (unpaired) electrons. The van der Waals surface area contributed by atoms with Gasteiger partial charge in [-0.2, -0.15) is 4.31 Å². The van der Waals surface area contributed by atoms with Gasteiger partial charge in [0.1, 0.15) is 5.75 Å². The summed E-state index contributed by atoms with van der Waals surface area (Å²) in [4.78, 5) is 14.7. The quantitative estimate of drug-likeness (QED) is 0.708. The maximum atomic E-state index is 13.0. The zero-order valence-corrected chi connectivity index (χ0v) is 18.0. The van der Waals surface area contributed by atoms with Crippen molar-refractivity contribution >= 4 is 15.9 Å². The van der Waals surface area contributed by atoms with Crippen molar-refractivity contribution in [3.8, 4) is 5.75 Å². The fourth-order valence-electron chi connectivity index (χ4n) is 2.83. The van der Waals surface area contributed by atoms with Crippen molar-refractivity contribution in [1.29, 1.82) is 0 Å². The van der Waals surface area contributed by atoms with E-state index in [1.165, 1.54) is 23.5 Å². The number of para-hydroxylation sites is 1. The number of carbonyl (C=O) groups excluding carboxylic acids is 1. The molecule has 0 spiro atoms. The van der Waals surface area contributed by atoms with Gasteiger partial charge in [-0.15, -0.1) is 0 Å². The van der Waals surface area contributed by atoms with Gasteiger partial charge in [-0.25, -0.2) is 8.42 Å². The molecule has 2 aromatic carbocycles. The minimum Gasteiger partial charge on any atom is -0.496 e. The number of hydrogen-bond donors (Lipinski definition) is 0. The molecule has 28 heavy (non-hydrogen) atoms. The van der Waals surface area contributed by atoms with Crippen LogP contribution in [0.1, 0.15) is 42.7 Å². The predicted molar refractivity (Wildman–Crippen MR) is 110 cm³/mol. The fourth-order valence-corrected chi connectivity index (χ4v) is 4.25. The highest BCUT2D eigenvalue weighted by atomic mass is 32.2. The number of benzene rings is 2. The van der Waals surface area contributed by atoms with Gasteiger partial charge in [-0.05, 0) is 45.0 Å². The number of ether oxygens (including phenoxy) is 1. The number of nitrogens with zero attached hydrogens (tertiary/aromatic N) is 2. The molecule has 0 aromatic heterocycles. The Kier molecular flexibility index (Phi) is 6.85. The molecule has 0 aliphatic heterocycles. The Morgan fingerprint density at radius 3 is 2.25 bits per heavy atom. The van der Waals surface area contributed by atoms with Gasteiger partial charge in [0.25, 0.3) is 5.91 Å². The van der Waals surface area contributed by atoms with Crippen LogP contribution in [0.5, 0.6) is 5.75 Å². The number of rotatable bonds is 7. The summed E-state index contributed by atoms with van der Waals surface area (Å²) in [6, 6.07) is 13.2. The van der Waals surface area contributed by atoms with Crippen molar-refractivity contribution in [3.63, 3.8) is 0 Å². The topological polar surface area (TPSA) is 66.9 Å². The third-order valence-electron chi connectivity index (χ3n) is 4.98. The average Bonchev–Trinajstić information content (AvgIpc) is 2.71. The first-order valence-corrected chi connectivity index (χ1v) is 10.5. The van der Waals surface area contributed by atoms with Gasteiger partial charge >= 0.3 is 0 Å². The summed E-state index contributed by atoms with van der Waals surface area (Å²) in [7, 11) is 1.16. The molecule has 1 unspecified atom stereocenters. The molecule has 152 valence electrons. The first-order chi connectivity index (χ1) is 13.1. The largest absolute Gasteiger partial charge is 0.496 e. The van der Waals surface area contributed by atoms with E-state index in [1.807, 2.05) is 31.2 Å². The highest BCUT2D eigenvalue weighted by molar-refractivity contribution is 7.89. The molecule has 0 aliphatic rings. The molecule has 0 N–H and O–H groups in total. The highest BCUT2D eigenvalue weighted by Gasteiger charge is 2.26. The van der Waals surface area contributed by atoms with E-state index < -0.39 is 10.0 Å². The maximum absolute atomic E-state index is 13.0. The van der Waals surface area contributed by atoms with Crippen LogP contribution in [0, 0.1) is 0 Å². The number of hydrogen-bond acceptors (Lipinski definition) is 4. The van der Waals surface area contributed by atoms with Gasteiger partial charge in [0.2, 0.25) is 10.0 Å². The third-order valence-corrected chi connectivity index (χ3v) is 7.01. The van der Waals surface area contributed by atoms with E-state index in [2.05, 4.69) is 0 Å². The smallest absolute Gasteiger partial charge is 0.254 e. The molecule has 6 nitrogen and oxygen atoms in total. The summed E-state index contributed by atoms with van der Waals surface area (Å²) in [5.41, 5.74) is 1.20. The number of amides is 1. The summed E-state index contributed by atoms with van der Waals surface area (Å²) >= 11 is 0.